The molecule has 0 saturated carbocycles. The van der Waals surface area contributed by atoms with Crippen LogP contribution in [0.5, 0.6) is 0 Å². The van der Waals surface area contributed by atoms with E-state index in [1.54, 1.807) is 22.6 Å². The fourth-order valence-corrected chi connectivity index (χ4v) is 4.53. The summed E-state index contributed by atoms with van der Waals surface area (Å²) in [5, 5.41) is 1.42. The van der Waals surface area contributed by atoms with E-state index < -0.39 is 22.9 Å². The van der Waals surface area contributed by atoms with Gasteiger partial charge < -0.3 is 14.3 Å². The minimum Gasteiger partial charge on any atom is -0.444 e. The number of H-pyrrole nitrogens is 1. The second-order valence-corrected chi connectivity index (χ2v) is 9.89. The highest BCUT2D eigenvalue weighted by atomic mass is 35.5. The molecule has 4 heterocycles. The maximum atomic E-state index is 13.5. The monoisotopic (exact) mass is 484 g/mol. The number of aryl methyl sites for hydroxylation is 1. The third-order valence-corrected chi connectivity index (χ3v) is 6.21. The van der Waals surface area contributed by atoms with Gasteiger partial charge in [0.25, 0.3) is 5.56 Å². The number of nitrogens with zero attached hydrogens (tertiary/aromatic N) is 5. The average Bonchev–Trinajstić information content (AvgIpc) is 3.35. The van der Waals surface area contributed by atoms with Crippen molar-refractivity contribution in [2.45, 2.75) is 46.0 Å². The number of imidazole rings is 1. The van der Waals surface area contributed by atoms with Gasteiger partial charge in [-0.2, -0.15) is 0 Å². The number of aromatic amines is 1. The summed E-state index contributed by atoms with van der Waals surface area (Å²) in [6.45, 7) is 6.43. The van der Waals surface area contributed by atoms with Crippen LogP contribution in [0.2, 0.25) is 5.02 Å². The van der Waals surface area contributed by atoms with Crippen molar-refractivity contribution < 1.29 is 9.53 Å². The quantitative estimate of drug-likeness (QED) is 0.471. The molecule has 4 aromatic rings. The van der Waals surface area contributed by atoms with Crippen molar-refractivity contribution in [3.05, 3.63) is 61.6 Å². The predicted octanol–water partition coefficient (Wildman–Crippen LogP) is 2.83. The highest BCUT2D eigenvalue weighted by Gasteiger charge is 2.29. The van der Waals surface area contributed by atoms with Gasteiger partial charge in [0.1, 0.15) is 11.4 Å². The summed E-state index contributed by atoms with van der Waals surface area (Å²) in [7, 11) is 1.59. The Bertz CT molecular complexity index is 1570. The van der Waals surface area contributed by atoms with E-state index in [-0.39, 0.29) is 13.1 Å². The number of fused-ring (bicyclic) bond motifs is 4. The van der Waals surface area contributed by atoms with Gasteiger partial charge in [-0.1, -0.05) is 17.7 Å². The third kappa shape index (κ3) is 3.67. The van der Waals surface area contributed by atoms with Crippen molar-refractivity contribution in [3.8, 4) is 0 Å². The Morgan fingerprint density at radius 1 is 1.24 bits per heavy atom. The molecule has 34 heavy (non-hydrogen) atoms. The summed E-state index contributed by atoms with van der Waals surface area (Å²) < 4.78 is 9.82. The van der Waals surface area contributed by atoms with Gasteiger partial charge in [-0.15, -0.1) is 0 Å². The molecule has 0 fully saturated rings. The molecule has 1 amide bonds. The molecule has 0 atom stereocenters. The van der Waals surface area contributed by atoms with Crippen LogP contribution in [-0.4, -0.2) is 46.8 Å². The number of amides is 1. The minimum atomic E-state index is -0.612. The Morgan fingerprint density at radius 3 is 2.71 bits per heavy atom. The fraction of sp³-hybridized carbons (Fsp3) is 0.391. The molecule has 1 aromatic carbocycles. The third-order valence-electron chi connectivity index (χ3n) is 5.88. The second kappa shape index (κ2) is 7.76. The van der Waals surface area contributed by atoms with E-state index in [2.05, 4.69) is 9.97 Å². The first-order valence-electron chi connectivity index (χ1n) is 11.0. The number of carbonyl (C=O) groups excluding carboxylic acids is 1. The first kappa shape index (κ1) is 22.3. The zero-order valence-corrected chi connectivity index (χ0v) is 20.1. The van der Waals surface area contributed by atoms with Crippen LogP contribution in [0.3, 0.4) is 0 Å². The van der Waals surface area contributed by atoms with E-state index in [0.29, 0.717) is 40.8 Å². The molecular weight excluding hydrogens is 460 g/mol. The summed E-state index contributed by atoms with van der Waals surface area (Å²) in [5.74, 6) is 0.536. The van der Waals surface area contributed by atoms with E-state index in [9.17, 15) is 14.4 Å². The largest absolute Gasteiger partial charge is 0.444 e. The number of rotatable bonds is 2. The van der Waals surface area contributed by atoms with Crippen LogP contribution < -0.4 is 11.2 Å². The lowest BCUT2D eigenvalue weighted by Gasteiger charge is -2.30. The van der Waals surface area contributed by atoms with Crippen molar-refractivity contribution in [1.29, 1.82) is 0 Å². The molecule has 1 N–H and O–H groups in total. The van der Waals surface area contributed by atoms with Gasteiger partial charge in [-0.05, 0) is 39.0 Å². The number of ether oxygens (including phenoxy) is 1. The topological polar surface area (TPSA) is 107 Å². The highest BCUT2D eigenvalue weighted by Crippen LogP contribution is 2.24. The predicted molar refractivity (Wildman–Crippen MR) is 128 cm³/mol. The lowest BCUT2D eigenvalue weighted by atomic mass is 10.2. The second-order valence-electron chi connectivity index (χ2n) is 9.48. The summed E-state index contributed by atoms with van der Waals surface area (Å²) in [6.07, 6.45) is -0.436. The van der Waals surface area contributed by atoms with E-state index in [1.807, 2.05) is 39.0 Å². The normalized spacial score (nSPS) is 14.1. The molecule has 0 saturated heterocycles. The molecule has 1 aliphatic heterocycles. The summed E-state index contributed by atoms with van der Waals surface area (Å²) in [6, 6.07) is 7.36. The zero-order valence-electron chi connectivity index (χ0n) is 19.4. The smallest absolute Gasteiger partial charge is 0.410 e. The van der Waals surface area contributed by atoms with Crippen molar-refractivity contribution >= 4 is 39.8 Å². The molecular formula is C23H25ClN6O4. The van der Waals surface area contributed by atoms with Crippen molar-refractivity contribution in [1.82, 2.24) is 28.6 Å². The number of carbonyl (C=O) groups is 1. The van der Waals surface area contributed by atoms with Crippen LogP contribution in [0.1, 0.15) is 32.3 Å². The van der Waals surface area contributed by atoms with Gasteiger partial charge in [0.2, 0.25) is 0 Å². The molecule has 0 aliphatic carbocycles. The summed E-state index contributed by atoms with van der Waals surface area (Å²) in [5.41, 5.74) is 0.656. The van der Waals surface area contributed by atoms with Crippen LogP contribution in [0.15, 0.2) is 33.9 Å². The fourth-order valence-electron chi connectivity index (χ4n) is 4.30. The molecule has 3 aromatic heterocycles. The highest BCUT2D eigenvalue weighted by molar-refractivity contribution is 6.35. The average molecular weight is 485 g/mol. The maximum absolute atomic E-state index is 13.5. The van der Waals surface area contributed by atoms with Crippen LogP contribution >= 0.6 is 11.6 Å². The van der Waals surface area contributed by atoms with Crippen LogP contribution in [-0.2, 0) is 31.4 Å². The first-order valence-corrected chi connectivity index (χ1v) is 11.3. The zero-order chi connectivity index (χ0) is 24.4. The Kier molecular flexibility index (Phi) is 5.09. The van der Waals surface area contributed by atoms with E-state index in [4.69, 9.17) is 16.3 Å². The number of hydrogen-bond acceptors (Lipinski definition) is 5. The van der Waals surface area contributed by atoms with Crippen LogP contribution in [0, 0.1) is 0 Å². The van der Waals surface area contributed by atoms with Gasteiger partial charge in [0.05, 0.1) is 13.1 Å². The molecule has 0 spiro atoms. The number of aromatic nitrogens is 5. The maximum Gasteiger partial charge on any atom is 0.410 e. The van der Waals surface area contributed by atoms with Gasteiger partial charge in [-0.3, -0.25) is 18.8 Å². The van der Waals surface area contributed by atoms with Gasteiger partial charge in [0, 0.05) is 41.8 Å². The molecule has 0 radical (unpaired) electrons. The van der Waals surface area contributed by atoms with E-state index in [0.717, 1.165) is 10.9 Å². The molecule has 0 unspecified atom stereocenters. The van der Waals surface area contributed by atoms with Crippen molar-refractivity contribution in [2.24, 2.45) is 7.05 Å². The van der Waals surface area contributed by atoms with Crippen molar-refractivity contribution in [2.75, 3.05) is 6.54 Å². The number of halogens is 1. The molecule has 5 rings (SSSR count). The van der Waals surface area contributed by atoms with E-state index in [1.165, 1.54) is 9.13 Å². The Morgan fingerprint density at radius 2 is 2.00 bits per heavy atom. The van der Waals surface area contributed by atoms with Crippen molar-refractivity contribution in [3.63, 3.8) is 0 Å². The lowest BCUT2D eigenvalue weighted by Crippen LogP contribution is -2.42. The molecule has 1 aliphatic rings. The molecule has 0 bridgehead atoms. The summed E-state index contributed by atoms with van der Waals surface area (Å²) >= 11 is 6.27. The Hall–Kier alpha value is -3.53. The van der Waals surface area contributed by atoms with E-state index >= 15 is 0 Å². The Labute approximate surface area is 199 Å². The lowest BCUT2D eigenvalue weighted by molar-refractivity contribution is 0.0196. The number of benzene rings is 1. The number of nitrogens with one attached hydrogen (secondary N) is 1. The minimum absolute atomic E-state index is 0.0665. The first-order chi connectivity index (χ1) is 16.0. The Balaban J connectivity index is 1.55. The molecule has 11 heteroatoms. The molecule has 10 nitrogen and oxygen atoms in total. The standard InChI is InChI=1S/C23H25ClN6O4/c1-23(2,3)34-22(33)28-8-9-29-17(12-28)26-19-18(29)20(31)30(21(32)27(19)4)11-13-10-14-15(24)6-5-7-16(14)25-13/h5-7,10,25H,8-9,11-12H2,1-4H3. The summed E-state index contributed by atoms with van der Waals surface area (Å²) in [4.78, 5) is 48.4. The van der Waals surface area contributed by atoms with Gasteiger partial charge >= 0.3 is 11.8 Å². The van der Waals surface area contributed by atoms with Crippen LogP contribution in [0.25, 0.3) is 22.1 Å². The SMILES string of the molecule is Cn1c(=O)n(Cc2cc3c(Cl)cccc3[nH]2)c(=O)c2c1nc1n2CCN(C(=O)OC(C)(C)C)C1. The van der Waals surface area contributed by atoms with Crippen LogP contribution in [0.4, 0.5) is 4.79 Å². The van der Waals surface area contributed by atoms with Gasteiger partial charge in [-0.25, -0.2) is 14.6 Å². The molecule has 178 valence electrons. The number of hydrogen-bond donors (Lipinski definition) is 1. The van der Waals surface area contributed by atoms with Gasteiger partial charge in [0.15, 0.2) is 11.2 Å².